The number of rotatable bonds is 11. The standard InChI is InChI=1S/C25H26O5/c1-2-3-7-17-27-23-11-8-12-24(18-23)28-19-25(26)30-22-15-13-21(14-16-22)29-20-9-5-4-6-10-20/h4-6,8-16,18H,2-3,7,17,19H2,1H3. The molecule has 0 amide bonds. The number of ether oxygens (including phenoxy) is 4. The number of unbranched alkanes of at least 4 members (excludes halogenated alkanes) is 2. The Morgan fingerprint density at radius 3 is 2.07 bits per heavy atom. The lowest BCUT2D eigenvalue weighted by Crippen LogP contribution is -2.17. The fraction of sp³-hybridized carbons (Fsp3) is 0.240. The van der Waals surface area contributed by atoms with Crippen molar-refractivity contribution in [3.63, 3.8) is 0 Å². The average Bonchev–Trinajstić information content (AvgIpc) is 2.78. The molecule has 0 spiro atoms. The first kappa shape index (κ1) is 21.2. The Balaban J connectivity index is 1.44. The fourth-order valence-electron chi connectivity index (χ4n) is 2.70. The number of carbonyl (C=O) groups excluding carboxylic acids is 1. The van der Waals surface area contributed by atoms with Gasteiger partial charge in [-0.1, -0.05) is 44.0 Å². The lowest BCUT2D eigenvalue weighted by atomic mass is 10.3. The maximum Gasteiger partial charge on any atom is 0.349 e. The van der Waals surface area contributed by atoms with Gasteiger partial charge in [-0.3, -0.25) is 0 Å². The molecule has 3 rings (SSSR count). The minimum atomic E-state index is -0.485. The molecule has 3 aromatic rings. The van der Waals surface area contributed by atoms with Gasteiger partial charge in [-0.2, -0.15) is 0 Å². The molecule has 30 heavy (non-hydrogen) atoms. The second-order valence-corrected chi connectivity index (χ2v) is 6.68. The molecule has 3 aromatic carbocycles. The summed E-state index contributed by atoms with van der Waals surface area (Å²) >= 11 is 0. The monoisotopic (exact) mass is 406 g/mol. The van der Waals surface area contributed by atoms with Crippen LogP contribution < -0.4 is 18.9 Å². The molecular weight excluding hydrogens is 380 g/mol. The van der Waals surface area contributed by atoms with Gasteiger partial charge in [-0.05, 0) is 55.0 Å². The van der Waals surface area contributed by atoms with E-state index in [9.17, 15) is 4.79 Å². The molecule has 5 nitrogen and oxygen atoms in total. The van der Waals surface area contributed by atoms with Crippen LogP contribution in [0.25, 0.3) is 0 Å². The van der Waals surface area contributed by atoms with Crippen LogP contribution in [0.5, 0.6) is 28.7 Å². The normalized spacial score (nSPS) is 10.3. The highest BCUT2D eigenvalue weighted by Crippen LogP contribution is 2.24. The van der Waals surface area contributed by atoms with Crippen LogP contribution in [-0.2, 0) is 4.79 Å². The van der Waals surface area contributed by atoms with Crippen molar-refractivity contribution in [2.24, 2.45) is 0 Å². The van der Waals surface area contributed by atoms with E-state index in [1.165, 1.54) is 0 Å². The third-order valence-electron chi connectivity index (χ3n) is 4.21. The number of hydrogen-bond acceptors (Lipinski definition) is 5. The maximum absolute atomic E-state index is 12.1. The van der Waals surface area contributed by atoms with Gasteiger partial charge in [0.2, 0.25) is 0 Å². The molecule has 0 heterocycles. The molecule has 0 N–H and O–H groups in total. The van der Waals surface area contributed by atoms with Crippen LogP contribution in [0, 0.1) is 0 Å². The topological polar surface area (TPSA) is 54.0 Å². The van der Waals surface area contributed by atoms with Crippen molar-refractivity contribution in [2.45, 2.75) is 26.2 Å². The Hall–Kier alpha value is -3.47. The summed E-state index contributed by atoms with van der Waals surface area (Å²) in [4.78, 5) is 12.1. The highest BCUT2D eigenvalue weighted by molar-refractivity contribution is 5.74. The molecule has 0 bridgehead atoms. The summed E-state index contributed by atoms with van der Waals surface area (Å²) in [6.45, 7) is 2.63. The van der Waals surface area contributed by atoms with E-state index in [1.54, 1.807) is 36.4 Å². The first-order chi connectivity index (χ1) is 14.7. The predicted octanol–water partition coefficient (Wildman–Crippen LogP) is 6.03. The van der Waals surface area contributed by atoms with Crippen molar-refractivity contribution in [2.75, 3.05) is 13.2 Å². The second-order valence-electron chi connectivity index (χ2n) is 6.68. The molecule has 0 aromatic heterocycles. The van der Waals surface area contributed by atoms with Crippen molar-refractivity contribution in [1.82, 2.24) is 0 Å². The number of esters is 1. The predicted molar refractivity (Wildman–Crippen MR) is 116 cm³/mol. The van der Waals surface area contributed by atoms with Gasteiger partial charge in [0.05, 0.1) is 6.61 Å². The lowest BCUT2D eigenvalue weighted by molar-refractivity contribution is -0.136. The molecule has 0 fully saturated rings. The first-order valence-corrected chi connectivity index (χ1v) is 10.1. The lowest BCUT2D eigenvalue weighted by Gasteiger charge is -2.10. The molecule has 0 atom stereocenters. The van der Waals surface area contributed by atoms with E-state index >= 15 is 0 Å². The number of benzene rings is 3. The Morgan fingerprint density at radius 1 is 0.700 bits per heavy atom. The summed E-state index contributed by atoms with van der Waals surface area (Å²) < 4.78 is 22.3. The SMILES string of the molecule is CCCCCOc1cccc(OCC(=O)Oc2ccc(Oc3ccccc3)cc2)c1. The highest BCUT2D eigenvalue weighted by atomic mass is 16.6. The summed E-state index contributed by atoms with van der Waals surface area (Å²) in [6.07, 6.45) is 3.31. The van der Waals surface area contributed by atoms with Crippen molar-refractivity contribution >= 4 is 5.97 Å². The van der Waals surface area contributed by atoms with Gasteiger partial charge in [-0.15, -0.1) is 0 Å². The number of para-hydroxylation sites is 1. The van der Waals surface area contributed by atoms with Crippen LogP contribution in [0.4, 0.5) is 0 Å². The Morgan fingerprint density at radius 2 is 1.33 bits per heavy atom. The van der Waals surface area contributed by atoms with Crippen LogP contribution in [0.1, 0.15) is 26.2 Å². The summed E-state index contributed by atoms with van der Waals surface area (Å²) in [5.41, 5.74) is 0. The zero-order valence-corrected chi connectivity index (χ0v) is 17.1. The van der Waals surface area contributed by atoms with Crippen molar-refractivity contribution in [3.05, 3.63) is 78.9 Å². The minimum Gasteiger partial charge on any atom is -0.493 e. The van der Waals surface area contributed by atoms with Crippen molar-refractivity contribution in [3.8, 4) is 28.7 Å². The van der Waals surface area contributed by atoms with Gasteiger partial charge in [0.1, 0.15) is 28.7 Å². The van der Waals surface area contributed by atoms with Gasteiger partial charge in [0.15, 0.2) is 6.61 Å². The van der Waals surface area contributed by atoms with E-state index < -0.39 is 5.97 Å². The second kappa shape index (κ2) is 11.5. The van der Waals surface area contributed by atoms with E-state index in [-0.39, 0.29) is 6.61 Å². The third-order valence-corrected chi connectivity index (χ3v) is 4.21. The molecule has 0 aliphatic rings. The molecule has 0 aliphatic heterocycles. The quantitative estimate of drug-likeness (QED) is 0.221. The van der Waals surface area contributed by atoms with Crippen LogP contribution in [0.3, 0.4) is 0 Å². The summed E-state index contributed by atoms with van der Waals surface area (Å²) in [6, 6.07) is 23.6. The Bertz CT molecular complexity index is 906. The van der Waals surface area contributed by atoms with E-state index in [1.807, 2.05) is 42.5 Å². The van der Waals surface area contributed by atoms with Crippen LogP contribution in [-0.4, -0.2) is 19.2 Å². The summed E-state index contributed by atoms with van der Waals surface area (Å²) in [7, 11) is 0. The summed E-state index contributed by atoms with van der Waals surface area (Å²) in [5, 5.41) is 0. The van der Waals surface area contributed by atoms with Gasteiger partial charge in [0, 0.05) is 6.07 Å². The van der Waals surface area contributed by atoms with E-state index in [0.717, 1.165) is 30.8 Å². The molecule has 0 saturated carbocycles. The van der Waals surface area contributed by atoms with Gasteiger partial charge < -0.3 is 18.9 Å². The van der Waals surface area contributed by atoms with E-state index in [0.29, 0.717) is 23.9 Å². The minimum absolute atomic E-state index is 0.193. The smallest absolute Gasteiger partial charge is 0.349 e. The van der Waals surface area contributed by atoms with Crippen molar-refractivity contribution < 1.29 is 23.7 Å². The molecule has 0 saturated heterocycles. The highest BCUT2D eigenvalue weighted by Gasteiger charge is 2.08. The van der Waals surface area contributed by atoms with Gasteiger partial charge in [0.25, 0.3) is 0 Å². The van der Waals surface area contributed by atoms with E-state index in [2.05, 4.69) is 6.92 Å². The number of hydrogen-bond donors (Lipinski definition) is 0. The maximum atomic E-state index is 12.1. The van der Waals surface area contributed by atoms with Gasteiger partial charge >= 0.3 is 5.97 Å². The molecule has 156 valence electrons. The van der Waals surface area contributed by atoms with E-state index in [4.69, 9.17) is 18.9 Å². The number of carbonyl (C=O) groups is 1. The zero-order chi connectivity index (χ0) is 21.0. The molecule has 0 radical (unpaired) electrons. The first-order valence-electron chi connectivity index (χ1n) is 10.1. The van der Waals surface area contributed by atoms with Crippen LogP contribution in [0.15, 0.2) is 78.9 Å². The summed E-state index contributed by atoms with van der Waals surface area (Å²) in [5.74, 6) is 2.63. The van der Waals surface area contributed by atoms with Gasteiger partial charge in [-0.25, -0.2) is 4.79 Å². The van der Waals surface area contributed by atoms with Crippen LogP contribution in [0.2, 0.25) is 0 Å². The molecule has 0 aliphatic carbocycles. The largest absolute Gasteiger partial charge is 0.493 e. The molecule has 0 unspecified atom stereocenters. The molecule has 5 heteroatoms. The fourth-order valence-corrected chi connectivity index (χ4v) is 2.70. The molecular formula is C25H26O5. The van der Waals surface area contributed by atoms with Crippen molar-refractivity contribution in [1.29, 1.82) is 0 Å². The zero-order valence-electron chi connectivity index (χ0n) is 17.1. The Kier molecular flexibility index (Phi) is 8.15. The average molecular weight is 406 g/mol. The third kappa shape index (κ3) is 7.17. The van der Waals surface area contributed by atoms with Crippen LogP contribution >= 0.6 is 0 Å². The Labute approximate surface area is 177 Å².